The van der Waals surface area contributed by atoms with Crippen LogP contribution in [0.4, 0.5) is 0 Å². The number of benzene rings is 7. The van der Waals surface area contributed by atoms with E-state index >= 15 is 0 Å². The lowest BCUT2D eigenvalue weighted by molar-refractivity contribution is 0.669. The van der Waals surface area contributed by atoms with E-state index in [0.717, 1.165) is 82.8 Å². The predicted octanol–water partition coefficient (Wildman–Crippen LogP) is 12.0. The van der Waals surface area contributed by atoms with Crippen molar-refractivity contribution < 1.29 is 8.83 Å². The monoisotopic (exact) mass is 641 g/mol. The SMILES string of the molecule is c1ccc(-c2nc(-c3ccccc3)nc(-c3cccc(-c4c(-c5cccc6oc7ccccc7c56)ccc5oc6ccccc6c45)c3)n2)cc1. The first-order valence-corrected chi connectivity index (χ1v) is 16.6. The molecule has 0 atom stereocenters. The first-order chi connectivity index (χ1) is 24.8. The molecule has 0 saturated carbocycles. The van der Waals surface area contributed by atoms with Crippen molar-refractivity contribution in [3.8, 4) is 56.4 Å². The van der Waals surface area contributed by atoms with Gasteiger partial charge in [0.25, 0.3) is 0 Å². The van der Waals surface area contributed by atoms with Crippen LogP contribution in [0, 0.1) is 0 Å². The minimum absolute atomic E-state index is 0.605. The van der Waals surface area contributed by atoms with Crippen molar-refractivity contribution in [3.05, 3.63) is 164 Å². The van der Waals surface area contributed by atoms with Gasteiger partial charge in [0.15, 0.2) is 17.5 Å². The van der Waals surface area contributed by atoms with Crippen LogP contribution in [0.5, 0.6) is 0 Å². The molecule has 0 aliphatic carbocycles. The Balaban J connectivity index is 1.24. The van der Waals surface area contributed by atoms with Crippen molar-refractivity contribution in [1.29, 1.82) is 0 Å². The zero-order valence-corrected chi connectivity index (χ0v) is 26.7. The normalized spacial score (nSPS) is 11.6. The van der Waals surface area contributed by atoms with E-state index in [4.69, 9.17) is 23.8 Å². The number of rotatable bonds is 5. The minimum Gasteiger partial charge on any atom is -0.456 e. The van der Waals surface area contributed by atoms with E-state index in [1.807, 2.05) is 91.0 Å². The van der Waals surface area contributed by atoms with E-state index in [9.17, 15) is 0 Å². The van der Waals surface area contributed by atoms with Gasteiger partial charge in [0.1, 0.15) is 22.3 Å². The van der Waals surface area contributed by atoms with E-state index in [1.54, 1.807) is 0 Å². The summed E-state index contributed by atoms with van der Waals surface area (Å²) in [6.45, 7) is 0. The number of aromatic nitrogens is 3. The van der Waals surface area contributed by atoms with Gasteiger partial charge < -0.3 is 8.83 Å². The molecule has 0 radical (unpaired) electrons. The summed E-state index contributed by atoms with van der Waals surface area (Å²) in [6.07, 6.45) is 0. The van der Waals surface area contributed by atoms with Crippen LogP contribution in [-0.2, 0) is 0 Å². The van der Waals surface area contributed by atoms with Gasteiger partial charge in [-0.15, -0.1) is 0 Å². The van der Waals surface area contributed by atoms with E-state index in [1.165, 1.54) is 0 Å². The van der Waals surface area contributed by atoms with Crippen LogP contribution in [0.2, 0.25) is 0 Å². The Morgan fingerprint density at radius 1 is 0.320 bits per heavy atom. The molecule has 0 unspecified atom stereocenters. The lowest BCUT2D eigenvalue weighted by atomic mass is 9.88. The Kier molecular flexibility index (Phi) is 6.42. The van der Waals surface area contributed by atoms with Crippen molar-refractivity contribution in [2.75, 3.05) is 0 Å². The van der Waals surface area contributed by atoms with Crippen LogP contribution in [0.15, 0.2) is 173 Å². The molecule has 50 heavy (non-hydrogen) atoms. The van der Waals surface area contributed by atoms with Crippen molar-refractivity contribution in [1.82, 2.24) is 15.0 Å². The fourth-order valence-electron chi connectivity index (χ4n) is 7.09. The van der Waals surface area contributed by atoms with E-state index < -0.39 is 0 Å². The Labute approximate surface area is 287 Å². The smallest absolute Gasteiger partial charge is 0.164 e. The molecule has 10 rings (SSSR count). The standard InChI is InChI=1S/C45H27N3O2/c1-3-13-28(14-4-1)43-46-44(29-15-5-2-6-16-29)48-45(47-43)31-18-11-17-30(27-31)40-33(25-26-39-42(40)35-20-8-10-23-37(35)50-39)32-21-12-24-38-41(32)34-19-7-9-22-36(34)49-38/h1-27H. The zero-order valence-electron chi connectivity index (χ0n) is 26.7. The van der Waals surface area contributed by atoms with E-state index in [2.05, 4.69) is 72.8 Å². The summed E-state index contributed by atoms with van der Waals surface area (Å²) >= 11 is 0. The highest BCUT2D eigenvalue weighted by molar-refractivity contribution is 6.20. The Hall–Kier alpha value is -6.85. The number of hydrogen-bond acceptors (Lipinski definition) is 5. The molecule has 0 fully saturated rings. The number of fused-ring (bicyclic) bond motifs is 6. The minimum atomic E-state index is 0.605. The number of para-hydroxylation sites is 2. The number of nitrogens with zero attached hydrogens (tertiary/aromatic N) is 3. The molecule has 7 aromatic carbocycles. The molecule has 3 aromatic heterocycles. The molecule has 0 amide bonds. The summed E-state index contributed by atoms with van der Waals surface area (Å²) in [4.78, 5) is 15.0. The highest BCUT2D eigenvalue weighted by Gasteiger charge is 2.21. The quantitative estimate of drug-likeness (QED) is 0.187. The lowest BCUT2D eigenvalue weighted by Crippen LogP contribution is -2.00. The fraction of sp³-hybridized carbons (Fsp3) is 0. The van der Waals surface area contributed by atoms with E-state index in [0.29, 0.717) is 17.5 Å². The third kappa shape index (κ3) is 4.60. The molecule has 3 heterocycles. The van der Waals surface area contributed by atoms with Gasteiger partial charge in [0.2, 0.25) is 0 Å². The third-order valence-corrected chi connectivity index (χ3v) is 9.34. The summed E-state index contributed by atoms with van der Waals surface area (Å²) < 4.78 is 12.8. The van der Waals surface area contributed by atoms with Gasteiger partial charge in [-0.05, 0) is 53.1 Å². The Morgan fingerprint density at radius 2 is 0.800 bits per heavy atom. The highest BCUT2D eigenvalue weighted by atomic mass is 16.3. The van der Waals surface area contributed by atoms with Gasteiger partial charge in [-0.25, -0.2) is 15.0 Å². The molecular weight excluding hydrogens is 615 g/mol. The van der Waals surface area contributed by atoms with Crippen molar-refractivity contribution >= 4 is 43.9 Å². The van der Waals surface area contributed by atoms with E-state index in [-0.39, 0.29) is 0 Å². The Morgan fingerprint density at radius 3 is 1.46 bits per heavy atom. The van der Waals surface area contributed by atoms with Gasteiger partial charge in [-0.3, -0.25) is 0 Å². The maximum Gasteiger partial charge on any atom is 0.164 e. The molecule has 10 aromatic rings. The molecule has 234 valence electrons. The third-order valence-electron chi connectivity index (χ3n) is 9.34. The number of furan rings is 2. The van der Waals surface area contributed by atoms with Crippen LogP contribution < -0.4 is 0 Å². The zero-order chi connectivity index (χ0) is 33.0. The summed E-state index contributed by atoms with van der Waals surface area (Å²) in [6, 6.07) is 55.7. The van der Waals surface area contributed by atoms with Crippen LogP contribution in [0.1, 0.15) is 0 Å². The molecule has 0 aliphatic heterocycles. The van der Waals surface area contributed by atoms with Crippen LogP contribution in [-0.4, -0.2) is 15.0 Å². The average Bonchev–Trinajstić information content (AvgIpc) is 3.77. The lowest BCUT2D eigenvalue weighted by Gasteiger charge is -2.15. The molecule has 5 heteroatoms. The molecule has 0 spiro atoms. The summed E-state index contributed by atoms with van der Waals surface area (Å²) in [5.74, 6) is 1.86. The van der Waals surface area contributed by atoms with Crippen molar-refractivity contribution in [2.24, 2.45) is 0 Å². The molecule has 5 nitrogen and oxygen atoms in total. The van der Waals surface area contributed by atoms with Gasteiger partial charge in [-0.2, -0.15) is 0 Å². The van der Waals surface area contributed by atoms with Crippen molar-refractivity contribution in [2.45, 2.75) is 0 Å². The topological polar surface area (TPSA) is 65.0 Å². The predicted molar refractivity (Wildman–Crippen MR) is 202 cm³/mol. The van der Waals surface area contributed by atoms with Crippen LogP contribution >= 0.6 is 0 Å². The largest absolute Gasteiger partial charge is 0.456 e. The molecule has 0 N–H and O–H groups in total. The van der Waals surface area contributed by atoms with Crippen LogP contribution in [0.25, 0.3) is 100 Å². The second-order valence-corrected chi connectivity index (χ2v) is 12.4. The van der Waals surface area contributed by atoms with Gasteiger partial charge in [0.05, 0.1) is 0 Å². The van der Waals surface area contributed by atoms with Crippen molar-refractivity contribution in [3.63, 3.8) is 0 Å². The maximum atomic E-state index is 6.44. The summed E-state index contributed by atoms with van der Waals surface area (Å²) in [7, 11) is 0. The second kappa shape index (κ2) is 11.4. The highest BCUT2D eigenvalue weighted by Crippen LogP contribution is 2.46. The summed E-state index contributed by atoms with van der Waals surface area (Å²) in [5, 5.41) is 4.30. The van der Waals surface area contributed by atoms with Gasteiger partial charge in [0, 0.05) is 43.8 Å². The van der Waals surface area contributed by atoms with Gasteiger partial charge in [-0.1, -0.05) is 127 Å². The maximum absolute atomic E-state index is 6.44. The molecular formula is C45H27N3O2. The number of hydrogen-bond donors (Lipinski definition) is 0. The molecule has 0 saturated heterocycles. The second-order valence-electron chi connectivity index (χ2n) is 12.4. The first kappa shape index (κ1) is 28.2. The molecule has 0 aliphatic rings. The Bertz CT molecular complexity index is 2810. The van der Waals surface area contributed by atoms with Crippen LogP contribution in [0.3, 0.4) is 0 Å². The summed E-state index contributed by atoms with van der Waals surface area (Å²) in [5.41, 5.74) is 10.4. The first-order valence-electron chi connectivity index (χ1n) is 16.6. The average molecular weight is 642 g/mol. The van der Waals surface area contributed by atoms with Gasteiger partial charge >= 0.3 is 0 Å². The fourth-order valence-corrected chi connectivity index (χ4v) is 7.09. The molecule has 0 bridgehead atoms.